The molecular weight excluding hydrogens is 354 g/mol. The first-order chi connectivity index (χ1) is 12.4. The molecule has 2 heterocycles. The summed E-state index contributed by atoms with van der Waals surface area (Å²) in [5.41, 5.74) is 1.15. The maximum atomic E-state index is 12.3. The monoisotopic (exact) mass is 375 g/mol. The van der Waals surface area contributed by atoms with Crippen LogP contribution in [-0.4, -0.2) is 44.0 Å². The van der Waals surface area contributed by atoms with Gasteiger partial charge in [-0.05, 0) is 26.7 Å². The van der Waals surface area contributed by atoms with E-state index in [-0.39, 0.29) is 17.7 Å². The lowest BCUT2D eigenvalue weighted by Crippen LogP contribution is -2.40. The number of nitrogens with one attached hydrogen (secondary N) is 2. The molecule has 2 aromatic heterocycles. The van der Waals surface area contributed by atoms with E-state index in [2.05, 4.69) is 25.6 Å². The summed E-state index contributed by atoms with van der Waals surface area (Å²) < 4.78 is 0. The molecule has 9 heteroatoms. The summed E-state index contributed by atoms with van der Waals surface area (Å²) >= 11 is 1.53. The van der Waals surface area contributed by atoms with Crippen molar-refractivity contribution in [3.8, 4) is 0 Å². The predicted octanol–water partition coefficient (Wildman–Crippen LogP) is 0.736. The molecule has 1 fully saturated rings. The van der Waals surface area contributed by atoms with Gasteiger partial charge in [0.05, 0.1) is 35.0 Å². The molecule has 3 N–H and O–H groups in total. The number of aromatic nitrogens is 3. The van der Waals surface area contributed by atoms with Crippen molar-refractivity contribution in [1.29, 1.82) is 0 Å². The van der Waals surface area contributed by atoms with Gasteiger partial charge in [0.25, 0.3) is 5.91 Å². The van der Waals surface area contributed by atoms with Gasteiger partial charge < -0.3 is 15.7 Å². The Balaban J connectivity index is 1.52. The van der Waals surface area contributed by atoms with Gasteiger partial charge in [-0.15, -0.1) is 11.3 Å². The number of carbonyl (C=O) groups is 2. The van der Waals surface area contributed by atoms with E-state index in [0.717, 1.165) is 10.7 Å². The van der Waals surface area contributed by atoms with E-state index in [4.69, 9.17) is 0 Å². The van der Waals surface area contributed by atoms with Gasteiger partial charge in [-0.2, -0.15) is 0 Å². The number of aliphatic hydroxyl groups is 1. The summed E-state index contributed by atoms with van der Waals surface area (Å²) in [5, 5.41) is 18.7. The Bertz CT molecular complexity index is 792. The molecule has 0 bridgehead atoms. The highest BCUT2D eigenvalue weighted by molar-refractivity contribution is 7.09. The van der Waals surface area contributed by atoms with Crippen LogP contribution in [0.1, 0.15) is 39.7 Å². The second kappa shape index (κ2) is 7.88. The number of amides is 2. The van der Waals surface area contributed by atoms with Gasteiger partial charge >= 0.3 is 0 Å². The first-order valence-electron chi connectivity index (χ1n) is 8.38. The average Bonchev–Trinajstić information content (AvgIpc) is 3.19. The average molecular weight is 375 g/mol. The fourth-order valence-electron chi connectivity index (χ4n) is 2.96. The molecule has 3 rings (SSSR count). The zero-order valence-electron chi connectivity index (χ0n) is 14.6. The Kier molecular flexibility index (Phi) is 5.58. The lowest BCUT2D eigenvalue weighted by Gasteiger charge is -2.16. The van der Waals surface area contributed by atoms with Crippen LogP contribution in [0, 0.1) is 19.8 Å². The summed E-state index contributed by atoms with van der Waals surface area (Å²) in [6, 6.07) is -0.471. The maximum absolute atomic E-state index is 12.3. The zero-order chi connectivity index (χ0) is 18.7. The number of rotatable bonds is 5. The van der Waals surface area contributed by atoms with Crippen molar-refractivity contribution >= 4 is 23.2 Å². The largest absolute Gasteiger partial charge is 0.391 e. The summed E-state index contributed by atoms with van der Waals surface area (Å²) in [6.07, 6.45) is 2.83. The summed E-state index contributed by atoms with van der Waals surface area (Å²) in [4.78, 5) is 36.8. The highest BCUT2D eigenvalue weighted by atomic mass is 32.1. The van der Waals surface area contributed by atoms with Gasteiger partial charge in [0.1, 0.15) is 5.82 Å². The van der Waals surface area contributed by atoms with E-state index in [1.54, 1.807) is 6.92 Å². The van der Waals surface area contributed by atoms with Crippen molar-refractivity contribution in [2.24, 2.45) is 5.92 Å². The van der Waals surface area contributed by atoms with Crippen molar-refractivity contribution < 1.29 is 14.7 Å². The highest BCUT2D eigenvalue weighted by Gasteiger charge is 2.37. The van der Waals surface area contributed by atoms with Crippen LogP contribution in [0.25, 0.3) is 0 Å². The van der Waals surface area contributed by atoms with Gasteiger partial charge in [-0.25, -0.2) is 15.0 Å². The molecule has 0 aliphatic heterocycles. The van der Waals surface area contributed by atoms with Crippen LogP contribution in [0.5, 0.6) is 0 Å². The van der Waals surface area contributed by atoms with Crippen molar-refractivity contribution in [3.63, 3.8) is 0 Å². The minimum absolute atomic E-state index is 0.134. The molecule has 0 unspecified atom stereocenters. The first-order valence-corrected chi connectivity index (χ1v) is 9.26. The Morgan fingerprint density at radius 2 is 2.00 bits per heavy atom. The van der Waals surface area contributed by atoms with Crippen molar-refractivity contribution in [1.82, 2.24) is 25.6 Å². The van der Waals surface area contributed by atoms with Crippen LogP contribution in [0.4, 0.5) is 0 Å². The topological polar surface area (TPSA) is 117 Å². The van der Waals surface area contributed by atoms with Gasteiger partial charge in [-0.3, -0.25) is 9.59 Å². The van der Waals surface area contributed by atoms with E-state index in [9.17, 15) is 14.7 Å². The van der Waals surface area contributed by atoms with E-state index in [1.165, 1.54) is 23.7 Å². The molecule has 1 aliphatic carbocycles. The molecule has 0 radical (unpaired) electrons. The molecule has 138 valence electrons. The number of carbonyl (C=O) groups excluding carboxylic acids is 2. The first kappa shape index (κ1) is 18.4. The number of nitrogens with zero attached hydrogens (tertiary/aromatic N) is 3. The highest BCUT2D eigenvalue weighted by Crippen LogP contribution is 2.26. The molecule has 0 spiro atoms. The lowest BCUT2D eigenvalue weighted by atomic mass is 10.1. The fourth-order valence-corrected chi connectivity index (χ4v) is 3.57. The van der Waals surface area contributed by atoms with E-state index in [1.807, 2.05) is 12.3 Å². The predicted molar refractivity (Wildman–Crippen MR) is 95.5 cm³/mol. The number of hydrogen-bond acceptors (Lipinski definition) is 7. The van der Waals surface area contributed by atoms with Crippen LogP contribution in [0.2, 0.25) is 0 Å². The molecule has 8 nitrogen and oxygen atoms in total. The van der Waals surface area contributed by atoms with E-state index >= 15 is 0 Å². The normalized spacial score (nSPS) is 22.2. The molecule has 1 saturated carbocycles. The molecule has 1 aliphatic rings. The molecule has 2 aromatic rings. The van der Waals surface area contributed by atoms with Gasteiger partial charge in [0.2, 0.25) is 5.91 Å². The molecule has 2 amide bonds. The fraction of sp³-hybridized carbons (Fsp3) is 0.471. The van der Waals surface area contributed by atoms with Crippen LogP contribution in [0.3, 0.4) is 0 Å². The zero-order valence-corrected chi connectivity index (χ0v) is 15.4. The van der Waals surface area contributed by atoms with Crippen molar-refractivity contribution in [3.05, 3.63) is 39.9 Å². The van der Waals surface area contributed by atoms with Crippen LogP contribution >= 0.6 is 11.3 Å². The SMILES string of the molecule is Cc1ncc(C(=O)N[C@@H]2C[C@H](C(=O)NCc3csc(C)n3)C[C@H]2O)cn1. The third kappa shape index (κ3) is 4.41. The Labute approximate surface area is 155 Å². The summed E-state index contributed by atoms with van der Waals surface area (Å²) in [6.45, 7) is 4.02. The van der Waals surface area contributed by atoms with Gasteiger partial charge in [0, 0.05) is 23.7 Å². The molecule has 26 heavy (non-hydrogen) atoms. The van der Waals surface area contributed by atoms with Crippen LogP contribution in [-0.2, 0) is 11.3 Å². The number of aliphatic hydroxyl groups excluding tert-OH is 1. The van der Waals surface area contributed by atoms with Crippen LogP contribution < -0.4 is 10.6 Å². The summed E-state index contributed by atoms with van der Waals surface area (Å²) in [5.74, 6) is -0.253. The lowest BCUT2D eigenvalue weighted by molar-refractivity contribution is -0.125. The Morgan fingerprint density at radius 1 is 1.27 bits per heavy atom. The van der Waals surface area contributed by atoms with Crippen molar-refractivity contribution in [2.45, 2.75) is 45.4 Å². The molecule has 0 aromatic carbocycles. The number of hydrogen-bond donors (Lipinski definition) is 3. The Morgan fingerprint density at radius 3 is 2.65 bits per heavy atom. The third-order valence-electron chi connectivity index (χ3n) is 4.37. The minimum atomic E-state index is -0.761. The Hall–Kier alpha value is -2.39. The van der Waals surface area contributed by atoms with Gasteiger partial charge in [-0.1, -0.05) is 0 Å². The van der Waals surface area contributed by atoms with E-state index < -0.39 is 12.1 Å². The second-order valence-electron chi connectivity index (χ2n) is 6.41. The summed E-state index contributed by atoms with van der Waals surface area (Å²) in [7, 11) is 0. The van der Waals surface area contributed by atoms with Crippen molar-refractivity contribution in [2.75, 3.05) is 0 Å². The van der Waals surface area contributed by atoms with Crippen LogP contribution in [0.15, 0.2) is 17.8 Å². The molecule has 3 atom stereocenters. The molecular formula is C17H21N5O3S. The van der Waals surface area contributed by atoms with Gasteiger partial charge in [0.15, 0.2) is 0 Å². The number of thiazole rings is 1. The quantitative estimate of drug-likeness (QED) is 0.709. The number of aryl methyl sites for hydroxylation is 2. The van der Waals surface area contributed by atoms with E-state index in [0.29, 0.717) is 30.8 Å². The minimum Gasteiger partial charge on any atom is -0.391 e. The standard InChI is InChI=1S/C17H21N5O3S/c1-9-18-5-12(6-19-9)17(25)22-14-3-11(4-15(14)23)16(24)20-7-13-8-26-10(2)21-13/h5-6,8,11,14-15,23H,3-4,7H2,1-2H3,(H,20,24)(H,22,25)/t11-,14+,15+/m0/s1. The maximum Gasteiger partial charge on any atom is 0.254 e. The molecule has 0 saturated heterocycles. The smallest absolute Gasteiger partial charge is 0.254 e. The third-order valence-corrected chi connectivity index (χ3v) is 5.19. The second-order valence-corrected chi connectivity index (χ2v) is 7.47.